The maximum atomic E-state index is 7.56. The van der Waals surface area contributed by atoms with E-state index in [4.69, 9.17) is 20.5 Å². The van der Waals surface area contributed by atoms with Crippen molar-refractivity contribution in [2.24, 2.45) is 10.9 Å². The number of hydrogen-bond donors (Lipinski definition) is 2. The molecule has 34 heavy (non-hydrogen) atoms. The Morgan fingerprint density at radius 1 is 1.18 bits per heavy atom. The van der Waals surface area contributed by atoms with Crippen LogP contribution in [0.1, 0.15) is 49.1 Å². The quantitative estimate of drug-likeness (QED) is 0.199. The van der Waals surface area contributed by atoms with Crippen LogP contribution >= 0.6 is 12.4 Å². The topological polar surface area (TPSA) is 114 Å². The Morgan fingerprint density at radius 3 is 2.65 bits per heavy atom. The molecule has 2 aromatic carbocycles. The predicted octanol–water partition coefficient (Wildman–Crippen LogP) is 4.60. The molecule has 3 aromatic rings. The van der Waals surface area contributed by atoms with Gasteiger partial charge in [0.25, 0.3) is 0 Å². The second-order valence-corrected chi connectivity index (χ2v) is 8.30. The van der Waals surface area contributed by atoms with Gasteiger partial charge in [0.1, 0.15) is 6.61 Å². The van der Waals surface area contributed by atoms with Gasteiger partial charge in [-0.25, -0.2) is 0 Å². The lowest BCUT2D eigenvalue weighted by Crippen LogP contribution is -2.34. The number of halogens is 1. The number of nitrogens with zero attached hydrogens (tertiary/aromatic N) is 4. The molecule has 2 heterocycles. The van der Waals surface area contributed by atoms with E-state index in [9.17, 15) is 0 Å². The Hall–Kier alpha value is -3.39. The van der Waals surface area contributed by atoms with Crippen molar-refractivity contribution in [3.63, 3.8) is 0 Å². The van der Waals surface area contributed by atoms with Crippen molar-refractivity contribution in [2.75, 3.05) is 19.7 Å². The third-order valence-electron chi connectivity index (χ3n) is 5.88. The zero-order valence-corrected chi connectivity index (χ0v) is 20.1. The van der Waals surface area contributed by atoms with Gasteiger partial charge in [0.2, 0.25) is 11.7 Å². The zero-order valence-electron chi connectivity index (χ0n) is 19.3. The van der Waals surface area contributed by atoms with Gasteiger partial charge in [0, 0.05) is 18.7 Å². The number of rotatable bonds is 9. The first-order chi connectivity index (χ1) is 16.1. The minimum absolute atomic E-state index is 0. The van der Waals surface area contributed by atoms with Gasteiger partial charge in [-0.05, 0) is 43.7 Å². The van der Waals surface area contributed by atoms with Crippen molar-refractivity contribution in [3.8, 4) is 11.4 Å². The Labute approximate surface area is 206 Å². The van der Waals surface area contributed by atoms with Crippen LogP contribution in [-0.4, -0.2) is 46.4 Å². The Morgan fingerprint density at radius 2 is 1.94 bits per heavy atom. The predicted molar refractivity (Wildman–Crippen MR) is 135 cm³/mol. The first-order valence-electron chi connectivity index (χ1n) is 11.3. The Balaban J connectivity index is 0.00000324. The average molecular weight is 483 g/mol. The summed E-state index contributed by atoms with van der Waals surface area (Å²) >= 11 is 0. The standard InChI is InChI=1S/C25H30N6O2.ClH/c1-18(29-32-16-6-5-9-19-7-3-2-4-8-19)20-10-12-21(13-11-20)23-28-24(33-30-23)22-14-15-31(17-22)25(26)27;/h2-4,7-8,10-13,22H,5-6,9,14-17H2,1H3,(H3,26,27);1H/t22-;/m1./s1. The molecule has 0 amide bonds. The normalized spacial score (nSPS) is 15.7. The third kappa shape index (κ3) is 6.57. The van der Waals surface area contributed by atoms with Crippen molar-refractivity contribution in [2.45, 2.75) is 38.5 Å². The minimum atomic E-state index is 0. The van der Waals surface area contributed by atoms with E-state index in [1.54, 1.807) is 0 Å². The number of unbranched alkanes of at least 4 members (excludes halogenated alkanes) is 1. The Kier molecular flexibility index (Phi) is 9.04. The maximum absolute atomic E-state index is 7.56. The molecule has 1 aromatic heterocycles. The number of oxime groups is 1. The van der Waals surface area contributed by atoms with Gasteiger partial charge < -0.3 is 20.0 Å². The number of aromatic nitrogens is 2. The summed E-state index contributed by atoms with van der Waals surface area (Å²) in [6, 6.07) is 18.4. The summed E-state index contributed by atoms with van der Waals surface area (Å²) in [4.78, 5) is 11.9. The molecule has 9 heteroatoms. The van der Waals surface area contributed by atoms with Gasteiger partial charge in [-0.15, -0.1) is 12.4 Å². The summed E-state index contributed by atoms with van der Waals surface area (Å²) in [6.45, 7) is 3.92. The summed E-state index contributed by atoms with van der Waals surface area (Å²) in [5.41, 5.74) is 9.62. The van der Waals surface area contributed by atoms with Crippen LogP contribution in [0.4, 0.5) is 0 Å². The minimum Gasteiger partial charge on any atom is -0.396 e. The van der Waals surface area contributed by atoms with Crippen LogP contribution in [0.3, 0.4) is 0 Å². The zero-order chi connectivity index (χ0) is 23.0. The summed E-state index contributed by atoms with van der Waals surface area (Å²) in [6.07, 6.45) is 3.95. The molecule has 0 spiro atoms. The number of aryl methyl sites for hydroxylation is 1. The number of likely N-dealkylation sites (tertiary alicyclic amines) is 1. The van der Waals surface area contributed by atoms with Gasteiger partial charge in [0.15, 0.2) is 5.96 Å². The van der Waals surface area contributed by atoms with Gasteiger partial charge in [-0.3, -0.25) is 5.41 Å². The lowest BCUT2D eigenvalue weighted by atomic mass is 10.1. The molecule has 0 aliphatic carbocycles. The molecule has 0 radical (unpaired) electrons. The summed E-state index contributed by atoms with van der Waals surface area (Å²) < 4.78 is 5.48. The van der Waals surface area contributed by atoms with Crippen LogP contribution in [0.15, 0.2) is 64.3 Å². The molecule has 0 unspecified atom stereocenters. The fraction of sp³-hybridized carbons (Fsp3) is 0.360. The van der Waals surface area contributed by atoms with Crippen molar-refractivity contribution in [3.05, 3.63) is 71.6 Å². The van der Waals surface area contributed by atoms with Gasteiger partial charge in [0.05, 0.1) is 11.6 Å². The first kappa shape index (κ1) is 25.2. The second-order valence-electron chi connectivity index (χ2n) is 8.30. The second kappa shape index (κ2) is 12.2. The first-order valence-corrected chi connectivity index (χ1v) is 11.3. The molecule has 1 atom stereocenters. The highest BCUT2D eigenvalue weighted by Crippen LogP contribution is 2.27. The Bertz CT molecular complexity index is 1080. The number of nitrogens with two attached hydrogens (primary N) is 1. The van der Waals surface area contributed by atoms with E-state index in [1.165, 1.54) is 5.56 Å². The smallest absolute Gasteiger partial charge is 0.231 e. The fourth-order valence-electron chi connectivity index (χ4n) is 3.90. The van der Waals surface area contributed by atoms with Crippen molar-refractivity contribution in [1.82, 2.24) is 15.0 Å². The lowest BCUT2D eigenvalue weighted by molar-refractivity contribution is 0.140. The van der Waals surface area contributed by atoms with E-state index in [1.807, 2.05) is 42.2 Å². The average Bonchev–Trinajstić information content (AvgIpc) is 3.52. The summed E-state index contributed by atoms with van der Waals surface area (Å²) in [7, 11) is 0. The molecule has 1 aliphatic heterocycles. The van der Waals surface area contributed by atoms with E-state index < -0.39 is 0 Å². The van der Waals surface area contributed by atoms with E-state index >= 15 is 0 Å². The van der Waals surface area contributed by atoms with Crippen LogP contribution in [0.2, 0.25) is 0 Å². The van der Waals surface area contributed by atoms with Crippen LogP contribution in [0.25, 0.3) is 11.4 Å². The van der Waals surface area contributed by atoms with Crippen LogP contribution in [0.5, 0.6) is 0 Å². The fourth-order valence-corrected chi connectivity index (χ4v) is 3.90. The monoisotopic (exact) mass is 482 g/mol. The molecule has 0 bridgehead atoms. The van der Waals surface area contributed by atoms with Crippen molar-refractivity contribution < 1.29 is 9.36 Å². The SMILES string of the molecule is CC(=NOCCCCc1ccccc1)c1ccc(-c2noc([C@@H]3CCN(C(=N)N)C3)n2)cc1.Cl. The van der Waals surface area contributed by atoms with Gasteiger partial charge in [-0.2, -0.15) is 4.98 Å². The molecule has 1 saturated heterocycles. The molecule has 1 fully saturated rings. The highest BCUT2D eigenvalue weighted by Gasteiger charge is 2.29. The maximum Gasteiger partial charge on any atom is 0.231 e. The highest BCUT2D eigenvalue weighted by molar-refractivity contribution is 5.98. The van der Waals surface area contributed by atoms with E-state index in [-0.39, 0.29) is 24.3 Å². The van der Waals surface area contributed by atoms with Crippen molar-refractivity contribution in [1.29, 1.82) is 5.41 Å². The molecular formula is C25H31ClN6O2. The molecule has 0 saturated carbocycles. The number of nitrogens with one attached hydrogen (secondary N) is 1. The van der Waals surface area contributed by atoms with Crippen LogP contribution in [0, 0.1) is 5.41 Å². The van der Waals surface area contributed by atoms with E-state index in [2.05, 4.69) is 39.6 Å². The van der Waals surface area contributed by atoms with Gasteiger partial charge in [-0.1, -0.05) is 64.9 Å². The third-order valence-corrected chi connectivity index (χ3v) is 5.88. The summed E-state index contributed by atoms with van der Waals surface area (Å²) in [5, 5.41) is 15.9. The summed E-state index contributed by atoms with van der Waals surface area (Å²) in [5.74, 6) is 1.34. The molecule has 4 rings (SSSR count). The number of hydrogen-bond acceptors (Lipinski definition) is 6. The molecular weight excluding hydrogens is 452 g/mol. The number of benzene rings is 2. The van der Waals surface area contributed by atoms with Crippen LogP contribution in [-0.2, 0) is 11.3 Å². The highest BCUT2D eigenvalue weighted by atomic mass is 35.5. The van der Waals surface area contributed by atoms with Crippen molar-refractivity contribution >= 4 is 24.1 Å². The molecule has 180 valence electrons. The van der Waals surface area contributed by atoms with Crippen LogP contribution < -0.4 is 5.73 Å². The molecule has 1 aliphatic rings. The lowest BCUT2D eigenvalue weighted by Gasteiger charge is -2.14. The van der Waals surface area contributed by atoms with Gasteiger partial charge >= 0.3 is 0 Å². The molecule has 8 nitrogen and oxygen atoms in total. The number of guanidine groups is 1. The molecule has 3 N–H and O–H groups in total. The van der Waals surface area contributed by atoms with E-state index in [0.717, 1.165) is 49.1 Å². The van der Waals surface area contributed by atoms with E-state index in [0.29, 0.717) is 24.9 Å². The largest absolute Gasteiger partial charge is 0.396 e.